The number of fused-ring (bicyclic) bond motifs is 2. The van der Waals surface area contributed by atoms with Gasteiger partial charge in [-0.3, -0.25) is 0 Å². The predicted octanol–water partition coefficient (Wildman–Crippen LogP) is -0.217. The van der Waals surface area contributed by atoms with Gasteiger partial charge in [-0.05, 0) is 25.7 Å². The first-order chi connectivity index (χ1) is 9.02. The highest BCUT2D eigenvalue weighted by Crippen LogP contribution is 2.35. The van der Waals surface area contributed by atoms with E-state index in [1.807, 2.05) is 0 Å². The van der Waals surface area contributed by atoms with Gasteiger partial charge in [-0.25, -0.2) is 9.59 Å². The number of aliphatic hydroxyl groups is 1. The predicted molar refractivity (Wildman–Crippen MR) is 65.7 cm³/mol. The van der Waals surface area contributed by atoms with Gasteiger partial charge in [-0.1, -0.05) is 0 Å². The van der Waals surface area contributed by atoms with Crippen molar-refractivity contribution in [2.24, 2.45) is 0 Å². The van der Waals surface area contributed by atoms with Crippen molar-refractivity contribution >= 4 is 12.0 Å². The molecule has 0 radical (unpaired) electrons. The van der Waals surface area contributed by atoms with Gasteiger partial charge in [0, 0.05) is 19.2 Å². The van der Waals surface area contributed by atoms with E-state index >= 15 is 0 Å². The van der Waals surface area contributed by atoms with Gasteiger partial charge in [0.05, 0.1) is 12.7 Å². The molecule has 2 rings (SSSR count). The van der Waals surface area contributed by atoms with Crippen LogP contribution in [0.25, 0.3) is 0 Å². The normalized spacial score (nSPS) is 31.1. The molecule has 2 aliphatic heterocycles. The zero-order valence-electron chi connectivity index (χ0n) is 10.9. The molecule has 3 N–H and O–H groups in total. The Balaban J connectivity index is 1.98. The Morgan fingerprint density at radius 3 is 2.42 bits per heavy atom. The summed E-state index contributed by atoms with van der Waals surface area (Å²) >= 11 is 0. The number of rotatable bonds is 4. The Morgan fingerprint density at radius 2 is 1.95 bits per heavy atom. The number of carboxylic acid groups (broad SMARTS) is 1. The number of hydrogen-bond donors (Lipinski definition) is 3. The third-order valence-electron chi connectivity index (χ3n) is 3.87. The highest BCUT2D eigenvalue weighted by atomic mass is 16.5. The van der Waals surface area contributed by atoms with Crippen LogP contribution in [0.2, 0.25) is 0 Å². The summed E-state index contributed by atoms with van der Waals surface area (Å²) in [6, 6.07) is -1.37. The van der Waals surface area contributed by atoms with Crippen LogP contribution in [-0.4, -0.2) is 65.1 Å². The molecule has 0 aromatic heterocycles. The van der Waals surface area contributed by atoms with Gasteiger partial charge in [0.1, 0.15) is 0 Å². The van der Waals surface area contributed by atoms with Crippen molar-refractivity contribution in [3.8, 4) is 0 Å². The maximum absolute atomic E-state index is 12.2. The first-order valence-electron chi connectivity index (χ1n) is 6.51. The second-order valence-electron chi connectivity index (χ2n) is 5.21. The zero-order chi connectivity index (χ0) is 14.0. The minimum Gasteiger partial charge on any atom is -0.480 e. The van der Waals surface area contributed by atoms with Crippen LogP contribution in [0.3, 0.4) is 0 Å². The van der Waals surface area contributed by atoms with E-state index in [2.05, 4.69) is 5.32 Å². The number of hydrogen-bond acceptors (Lipinski definition) is 4. The second-order valence-corrected chi connectivity index (χ2v) is 5.21. The molecule has 108 valence electrons. The van der Waals surface area contributed by atoms with Crippen molar-refractivity contribution < 1.29 is 24.5 Å². The molecule has 2 bridgehead atoms. The fourth-order valence-corrected chi connectivity index (χ4v) is 3.04. The molecule has 19 heavy (non-hydrogen) atoms. The van der Waals surface area contributed by atoms with Crippen LogP contribution in [0.15, 0.2) is 0 Å². The summed E-state index contributed by atoms with van der Waals surface area (Å²) in [5.74, 6) is -1.11. The lowest BCUT2D eigenvalue weighted by Gasteiger charge is -2.37. The minimum atomic E-state index is -1.11. The van der Waals surface area contributed by atoms with Crippen LogP contribution in [0.1, 0.15) is 25.7 Å². The molecule has 2 amide bonds. The summed E-state index contributed by atoms with van der Waals surface area (Å²) in [7, 11) is 1.39. The van der Waals surface area contributed by atoms with Gasteiger partial charge in [0.15, 0.2) is 6.04 Å². The Kier molecular flexibility index (Phi) is 4.26. The second kappa shape index (κ2) is 5.75. The van der Waals surface area contributed by atoms with Crippen molar-refractivity contribution in [1.82, 2.24) is 10.2 Å². The maximum atomic E-state index is 12.2. The minimum absolute atomic E-state index is 0.0192. The molecule has 0 spiro atoms. The third-order valence-corrected chi connectivity index (χ3v) is 3.87. The number of methoxy groups -OCH3 is 1. The van der Waals surface area contributed by atoms with Crippen molar-refractivity contribution in [3.63, 3.8) is 0 Å². The van der Waals surface area contributed by atoms with E-state index < -0.39 is 12.0 Å². The molecular weight excluding hydrogens is 252 g/mol. The molecule has 2 aliphatic rings. The van der Waals surface area contributed by atoms with Gasteiger partial charge in [-0.2, -0.15) is 0 Å². The lowest BCUT2D eigenvalue weighted by molar-refractivity contribution is -0.140. The molecule has 0 aromatic rings. The summed E-state index contributed by atoms with van der Waals surface area (Å²) in [6.07, 6.45) is 2.54. The Bertz CT molecular complexity index is 348. The number of urea groups is 1. The first-order valence-corrected chi connectivity index (χ1v) is 6.51. The first kappa shape index (κ1) is 14.1. The van der Waals surface area contributed by atoms with Crippen molar-refractivity contribution in [2.45, 2.75) is 49.9 Å². The number of carbonyl (C=O) groups is 2. The smallest absolute Gasteiger partial charge is 0.328 e. The molecule has 3 unspecified atom stereocenters. The van der Waals surface area contributed by atoms with Crippen LogP contribution >= 0.6 is 0 Å². The van der Waals surface area contributed by atoms with E-state index in [0.717, 1.165) is 12.8 Å². The summed E-state index contributed by atoms with van der Waals surface area (Å²) < 4.78 is 4.79. The molecular formula is C12H20N2O5. The molecule has 7 heteroatoms. The summed E-state index contributed by atoms with van der Waals surface area (Å²) in [5, 5.41) is 21.1. The van der Waals surface area contributed by atoms with Crippen molar-refractivity contribution in [3.05, 3.63) is 0 Å². The molecule has 7 nitrogen and oxygen atoms in total. The van der Waals surface area contributed by atoms with Crippen LogP contribution in [-0.2, 0) is 9.53 Å². The standard InChI is InChI=1S/C12H20N2O5/c1-19-6-10(11(16)17)13-12(18)14-7-2-3-8(14)5-9(15)4-7/h7-10,15H,2-6H2,1H3,(H,13,18)(H,16,17). The molecule has 2 saturated heterocycles. The number of carboxylic acids is 1. The zero-order valence-corrected chi connectivity index (χ0v) is 10.9. The summed E-state index contributed by atoms with van der Waals surface area (Å²) in [4.78, 5) is 24.8. The number of piperidine rings is 1. The lowest BCUT2D eigenvalue weighted by atomic mass is 10.0. The average Bonchev–Trinajstić information content (AvgIpc) is 2.61. The van der Waals surface area contributed by atoms with E-state index in [1.165, 1.54) is 7.11 Å². The molecule has 0 aliphatic carbocycles. The number of nitrogens with one attached hydrogen (secondary N) is 1. The molecule has 0 saturated carbocycles. The van der Waals surface area contributed by atoms with E-state index in [4.69, 9.17) is 9.84 Å². The van der Waals surface area contributed by atoms with Gasteiger partial charge in [0.25, 0.3) is 0 Å². The maximum Gasteiger partial charge on any atom is 0.328 e. The van der Waals surface area contributed by atoms with Crippen molar-refractivity contribution in [2.75, 3.05) is 13.7 Å². The quantitative estimate of drug-likeness (QED) is 0.657. The van der Waals surface area contributed by atoms with Crippen molar-refractivity contribution in [1.29, 1.82) is 0 Å². The lowest BCUT2D eigenvalue weighted by Crippen LogP contribution is -2.56. The van der Waals surface area contributed by atoms with Crippen LogP contribution in [0.4, 0.5) is 4.79 Å². The number of nitrogens with zero attached hydrogens (tertiary/aromatic N) is 1. The van der Waals surface area contributed by atoms with Crippen LogP contribution in [0, 0.1) is 0 Å². The largest absolute Gasteiger partial charge is 0.480 e. The van der Waals surface area contributed by atoms with E-state index in [1.54, 1.807) is 4.90 Å². The van der Waals surface area contributed by atoms with Gasteiger partial charge < -0.3 is 25.2 Å². The Morgan fingerprint density at radius 1 is 1.37 bits per heavy atom. The average molecular weight is 272 g/mol. The number of aliphatic carboxylic acids is 1. The number of amides is 2. The van der Waals surface area contributed by atoms with E-state index in [9.17, 15) is 14.7 Å². The molecule has 3 atom stereocenters. The SMILES string of the molecule is COCC(NC(=O)N1C2CCC1CC(O)C2)C(=O)O. The fourth-order valence-electron chi connectivity index (χ4n) is 3.04. The summed E-state index contributed by atoms with van der Waals surface area (Å²) in [5.41, 5.74) is 0. The van der Waals surface area contributed by atoms with Crippen LogP contribution < -0.4 is 5.32 Å². The van der Waals surface area contributed by atoms with Gasteiger partial charge in [-0.15, -0.1) is 0 Å². The molecule has 2 heterocycles. The number of carbonyl (C=O) groups excluding carboxylic acids is 1. The topological polar surface area (TPSA) is 99.1 Å². The summed E-state index contributed by atoms with van der Waals surface area (Å²) in [6.45, 7) is -0.0626. The molecule has 2 fully saturated rings. The monoisotopic (exact) mass is 272 g/mol. The Hall–Kier alpha value is -1.34. The van der Waals surface area contributed by atoms with Gasteiger partial charge in [0.2, 0.25) is 0 Å². The highest BCUT2D eigenvalue weighted by molar-refractivity contribution is 5.83. The highest BCUT2D eigenvalue weighted by Gasteiger charge is 2.43. The number of aliphatic hydroxyl groups excluding tert-OH is 1. The van der Waals surface area contributed by atoms with E-state index in [0.29, 0.717) is 12.8 Å². The Labute approximate surface area is 111 Å². The van der Waals surface area contributed by atoms with Crippen LogP contribution in [0.5, 0.6) is 0 Å². The number of ether oxygens (including phenoxy) is 1. The third kappa shape index (κ3) is 2.98. The fraction of sp³-hybridized carbons (Fsp3) is 0.833. The van der Waals surface area contributed by atoms with E-state index in [-0.39, 0.29) is 30.8 Å². The molecule has 0 aromatic carbocycles. The van der Waals surface area contributed by atoms with Gasteiger partial charge >= 0.3 is 12.0 Å².